The normalized spacial score (nSPS) is 15.8. The summed E-state index contributed by atoms with van der Waals surface area (Å²) in [6.45, 7) is 1.34. The minimum Gasteiger partial charge on any atom is -0.472 e. The monoisotopic (exact) mass is 317 g/mol. The first kappa shape index (κ1) is 15.3. The van der Waals surface area contributed by atoms with E-state index in [0.29, 0.717) is 25.4 Å². The zero-order valence-electron chi connectivity index (χ0n) is 12.9. The fourth-order valence-corrected chi connectivity index (χ4v) is 3.91. The molecular weight excluding hydrogens is 294 g/mol. The lowest BCUT2D eigenvalue weighted by Gasteiger charge is -2.26. The van der Waals surface area contributed by atoms with Crippen molar-refractivity contribution in [1.82, 2.24) is 4.90 Å². The Morgan fingerprint density at radius 3 is 2.77 bits per heavy atom. The van der Waals surface area contributed by atoms with Crippen molar-refractivity contribution in [2.24, 2.45) is 5.92 Å². The Morgan fingerprint density at radius 1 is 1.23 bits per heavy atom. The molecule has 3 rings (SSSR count). The van der Waals surface area contributed by atoms with E-state index in [2.05, 4.69) is 11.4 Å². The van der Waals surface area contributed by atoms with Crippen molar-refractivity contribution in [3.05, 3.63) is 46.5 Å². The first-order valence-electron chi connectivity index (χ1n) is 8.12. The lowest BCUT2D eigenvalue weighted by molar-refractivity contribution is -0.133. The van der Waals surface area contributed by atoms with Crippen LogP contribution < -0.4 is 0 Å². The van der Waals surface area contributed by atoms with E-state index in [0.717, 1.165) is 5.56 Å². The lowest BCUT2D eigenvalue weighted by atomic mass is 9.86. The second-order valence-corrected chi connectivity index (χ2v) is 7.20. The van der Waals surface area contributed by atoms with Crippen LogP contribution in [0.4, 0.5) is 0 Å². The van der Waals surface area contributed by atoms with Gasteiger partial charge in [0.2, 0.25) is 5.91 Å². The molecule has 1 aliphatic carbocycles. The molecule has 0 radical (unpaired) electrons. The maximum atomic E-state index is 12.8. The van der Waals surface area contributed by atoms with E-state index >= 15 is 0 Å². The number of carbonyl (C=O) groups excluding carboxylic acids is 1. The average Bonchev–Trinajstić information content (AvgIpc) is 3.21. The number of hydrogen-bond donors (Lipinski definition) is 0. The Morgan fingerprint density at radius 2 is 2.09 bits per heavy atom. The summed E-state index contributed by atoms with van der Waals surface area (Å²) in [5.41, 5.74) is 1.06. The Bertz CT molecular complexity index is 520. The van der Waals surface area contributed by atoms with Crippen LogP contribution in [-0.2, 0) is 17.9 Å². The predicted octanol–water partition coefficient (Wildman–Crippen LogP) is 4.84. The second-order valence-electron chi connectivity index (χ2n) is 6.17. The van der Waals surface area contributed by atoms with Crippen LogP contribution in [0.25, 0.3) is 0 Å². The van der Waals surface area contributed by atoms with Gasteiger partial charge in [-0.15, -0.1) is 11.3 Å². The third-order valence-corrected chi connectivity index (χ3v) is 5.28. The standard InChI is InChI=1S/C18H23NO2S/c20-18(11-15-5-2-1-3-6-15)19(12-16-8-9-21-14-16)13-17-7-4-10-22-17/h4,7-10,14-15H,1-3,5-6,11-13H2. The van der Waals surface area contributed by atoms with E-state index < -0.39 is 0 Å². The highest BCUT2D eigenvalue weighted by Crippen LogP contribution is 2.27. The quantitative estimate of drug-likeness (QED) is 0.764. The molecule has 118 valence electrons. The van der Waals surface area contributed by atoms with Gasteiger partial charge < -0.3 is 9.32 Å². The predicted molar refractivity (Wildman–Crippen MR) is 88.5 cm³/mol. The van der Waals surface area contributed by atoms with Crippen molar-refractivity contribution in [2.75, 3.05) is 0 Å². The van der Waals surface area contributed by atoms with Gasteiger partial charge >= 0.3 is 0 Å². The highest BCUT2D eigenvalue weighted by molar-refractivity contribution is 7.09. The Hall–Kier alpha value is -1.55. The van der Waals surface area contributed by atoms with Gasteiger partial charge in [-0.3, -0.25) is 4.79 Å². The van der Waals surface area contributed by atoms with Crippen molar-refractivity contribution in [3.63, 3.8) is 0 Å². The highest BCUT2D eigenvalue weighted by atomic mass is 32.1. The number of furan rings is 1. The van der Waals surface area contributed by atoms with Crippen LogP contribution in [0.1, 0.15) is 49.0 Å². The molecule has 0 saturated heterocycles. The SMILES string of the molecule is O=C(CC1CCCCC1)N(Cc1ccoc1)Cc1cccs1. The summed E-state index contributed by atoms with van der Waals surface area (Å²) < 4.78 is 5.14. The van der Waals surface area contributed by atoms with Crippen molar-refractivity contribution in [2.45, 2.75) is 51.6 Å². The van der Waals surface area contributed by atoms with Gasteiger partial charge in [0, 0.05) is 23.4 Å². The molecule has 0 atom stereocenters. The molecule has 2 aromatic heterocycles. The summed E-state index contributed by atoms with van der Waals surface area (Å²) in [6, 6.07) is 6.08. The molecule has 0 spiro atoms. The molecule has 0 aliphatic heterocycles. The summed E-state index contributed by atoms with van der Waals surface area (Å²) >= 11 is 1.71. The molecule has 3 nitrogen and oxygen atoms in total. The molecule has 1 amide bonds. The van der Waals surface area contributed by atoms with Gasteiger partial charge in [-0.1, -0.05) is 25.3 Å². The molecule has 2 aromatic rings. The van der Waals surface area contributed by atoms with Gasteiger partial charge in [0.1, 0.15) is 0 Å². The Balaban J connectivity index is 1.64. The third kappa shape index (κ3) is 4.23. The summed E-state index contributed by atoms with van der Waals surface area (Å²) in [6.07, 6.45) is 10.4. The van der Waals surface area contributed by atoms with Gasteiger partial charge in [-0.05, 0) is 36.3 Å². The average molecular weight is 317 g/mol. The molecule has 22 heavy (non-hydrogen) atoms. The van der Waals surface area contributed by atoms with Crippen LogP contribution in [0.5, 0.6) is 0 Å². The van der Waals surface area contributed by atoms with Crippen LogP contribution in [0.3, 0.4) is 0 Å². The summed E-state index contributed by atoms with van der Waals surface area (Å²) in [4.78, 5) is 16.0. The Kier molecular flexibility index (Phi) is 5.33. The second kappa shape index (κ2) is 7.63. The van der Waals surface area contributed by atoms with Crippen molar-refractivity contribution < 1.29 is 9.21 Å². The number of carbonyl (C=O) groups is 1. The molecule has 0 N–H and O–H groups in total. The number of rotatable bonds is 6. The molecular formula is C18H23NO2S. The van der Waals surface area contributed by atoms with Gasteiger partial charge in [0.05, 0.1) is 19.1 Å². The number of hydrogen-bond acceptors (Lipinski definition) is 3. The molecule has 0 bridgehead atoms. The molecule has 1 fully saturated rings. The Labute approximate surface area is 135 Å². The van der Waals surface area contributed by atoms with E-state index in [1.807, 2.05) is 17.0 Å². The van der Waals surface area contributed by atoms with Gasteiger partial charge in [0.15, 0.2) is 0 Å². The third-order valence-electron chi connectivity index (χ3n) is 4.42. The van der Waals surface area contributed by atoms with E-state index in [9.17, 15) is 4.79 Å². The number of nitrogens with zero attached hydrogens (tertiary/aromatic N) is 1. The van der Waals surface area contributed by atoms with Crippen molar-refractivity contribution in [1.29, 1.82) is 0 Å². The smallest absolute Gasteiger partial charge is 0.223 e. The fraction of sp³-hybridized carbons (Fsp3) is 0.500. The van der Waals surface area contributed by atoms with Crippen LogP contribution >= 0.6 is 11.3 Å². The van der Waals surface area contributed by atoms with E-state index in [1.165, 1.54) is 37.0 Å². The van der Waals surface area contributed by atoms with Gasteiger partial charge in [-0.2, -0.15) is 0 Å². The first-order valence-corrected chi connectivity index (χ1v) is 9.00. The fourth-order valence-electron chi connectivity index (χ4n) is 3.19. The van der Waals surface area contributed by atoms with Crippen LogP contribution in [0.15, 0.2) is 40.5 Å². The van der Waals surface area contributed by atoms with Gasteiger partial charge in [0.25, 0.3) is 0 Å². The molecule has 0 unspecified atom stereocenters. The molecule has 2 heterocycles. The summed E-state index contributed by atoms with van der Waals surface area (Å²) in [7, 11) is 0. The molecule has 1 aliphatic rings. The lowest BCUT2D eigenvalue weighted by Crippen LogP contribution is -2.31. The highest BCUT2D eigenvalue weighted by Gasteiger charge is 2.22. The minimum atomic E-state index is 0.279. The van der Waals surface area contributed by atoms with Crippen molar-refractivity contribution >= 4 is 17.2 Å². The van der Waals surface area contributed by atoms with Gasteiger partial charge in [-0.25, -0.2) is 0 Å². The van der Waals surface area contributed by atoms with Crippen LogP contribution in [0, 0.1) is 5.92 Å². The zero-order chi connectivity index (χ0) is 15.2. The largest absolute Gasteiger partial charge is 0.472 e. The van der Waals surface area contributed by atoms with Crippen LogP contribution in [-0.4, -0.2) is 10.8 Å². The van der Waals surface area contributed by atoms with Crippen LogP contribution in [0.2, 0.25) is 0 Å². The van der Waals surface area contributed by atoms with E-state index in [4.69, 9.17) is 4.42 Å². The van der Waals surface area contributed by atoms with E-state index in [-0.39, 0.29) is 5.91 Å². The molecule has 1 saturated carbocycles. The number of thiophene rings is 1. The molecule has 4 heteroatoms. The van der Waals surface area contributed by atoms with Crippen molar-refractivity contribution in [3.8, 4) is 0 Å². The summed E-state index contributed by atoms with van der Waals surface area (Å²) in [5.74, 6) is 0.859. The number of amides is 1. The minimum absolute atomic E-state index is 0.279. The zero-order valence-corrected chi connectivity index (χ0v) is 13.7. The summed E-state index contributed by atoms with van der Waals surface area (Å²) in [5, 5.41) is 2.07. The maximum Gasteiger partial charge on any atom is 0.223 e. The first-order chi connectivity index (χ1) is 10.8. The topological polar surface area (TPSA) is 33.5 Å². The molecule has 0 aromatic carbocycles. The maximum absolute atomic E-state index is 12.8. The van der Waals surface area contributed by atoms with E-state index in [1.54, 1.807) is 23.9 Å².